The third-order valence-electron chi connectivity index (χ3n) is 1.68. The van der Waals surface area contributed by atoms with Crippen LogP contribution in [0.15, 0.2) is 24.3 Å². The van der Waals surface area contributed by atoms with Gasteiger partial charge in [-0.2, -0.15) is 5.43 Å². The van der Waals surface area contributed by atoms with Crippen molar-refractivity contribution in [1.82, 2.24) is 5.43 Å². The van der Waals surface area contributed by atoms with Gasteiger partial charge < -0.3 is 12.4 Å². The topological polar surface area (TPSA) is 76.7 Å². The molecule has 0 aliphatic rings. The molecule has 0 fully saturated rings. The number of hydrogen-bond donors (Lipinski definition) is 2. The fourth-order valence-electron chi connectivity index (χ4n) is 1.06. The molecule has 0 aliphatic carbocycles. The van der Waals surface area contributed by atoms with Gasteiger partial charge in [0.25, 0.3) is 11.6 Å². The highest BCUT2D eigenvalue weighted by Crippen LogP contribution is 2.12. The number of amides is 1. The summed E-state index contributed by atoms with van der Waals surface area (Å²) in [6.07, 6.45) is 0. The predicted octanol–water partition coefficient (Wildman–Crippen LogP) is -3.61. The molecule has 0 spiro atoms. The van der Waals surface area contributed by atoms with E-state index < -0.39 is 4.92 Å². The Morgan fingerprint density at radius 2 is 2.06 bits per heavy atom. The molecule has 0 saturated heterocycles. The minimum Gasteiger partial charge on any atom is -1.00 e. The lowest BCUT2D eigenvalue weighted by Crippen LogP contribution is -3.13. The lowest BCUT2D eigenvalue weighted by atomic mass is 10.2. The standard InChI is InChI=1S/C9H11N3O3.ClH/c1-11(2)10-9(13)7-4-3-5-8(6-7)12(14)15;/h3-6H,1-2H3,(H,10,13);1H. The van der Waals surface area contributed by atoms with Gasteiger partial charge in [0.15, 0.2) is 0 Å². The van der Waals surface area contributed by atoms with Gasteiger partial charge in [-0.1, -0.05) is 6.07 Å². The van der Waals surface area contributed by atoms with Crippen molar-refractivity contribution >= 4 is 11.6 Å². The number of halogens is 1. The van der Waals surface area contributed by atoms with Crippen LogP contribution in [0.5, 0.6) is 0 Å². The minimum atomic E-state index is -0.528. The Hall–Kier alpha value is -1.66. The molecule has 7 heteroatoms. The molecule has 0 unspecified atom stereocenters. The van der Waals surface area contributed by atoms with Crippen LogP contribution >= 0.6 is 0 Å². The Labute approximate surface area is 98.8 Å². The van der Waals surface area contributed by atoms with Gasteiger partial charge in [-0.15, -0.1) is 0 Å². The number of nitro groups is 1. The van der Waals surface area contributed by atoms with Gasteiger partial charge >= 0.3 is 0 Å². The summed E-state index contributed by atoms with van der Waals surface area (Å²) in [5.41, 5.74) is 2.78. The summed E-state index contributed by atoms with van der Waals surface area (Å²) in [5, 5.41) is 11.2. The first-order valence-corrected chi connectivity index (χ1v) is 4.36. The molecule has 0 radical (unpaired) electrons. The van der Waals surface area contributed by atoms with Crippen LogP contribution in [0.25, 0.3) is 0 Å². The number of nitrogens with one attached hydrogen (secondary N) is 2. The Morgan fingerprint density at radius 1 is 1.44 bits per heavy atom. The number of benzene rings is 1. The number of carbonyl (C=O) groups is 1. The molecular weight excluding hydrogens is 234 g/mol. The molecule has 0 heterocycles. The molecule has 0 aromatic heterocycles. The maximum atomic E-state index is 11.5. The van der Waals surface area contributed by atoms with E-state index in [9.17, 15) is 14.9 Å². The molecule has 0 bridgehead atoms. The van der Waals surface area contributed by atoms with Gasteiger partial charge in [-0.25, -0.2) is 5.01 Å². The zero-order valence-corrected chi connectivity index (χ0v) is 9.62. The second-order valence-electron chi connectivity index (χ2n) is 3.26. The Kier molecular flexibility index (Phi) is 5.41. The van der Waals surface area contributed by atoms with Crippen LogP contribution in [-0.4, -0.2) is 24.9 Å². The van der Waals surface area contributed by atoms with Crippen molar-refractivity contribution in [3.05, 3.63) is 39.9 Å². The Morgan fingerprint density at radius 3 is 2.56 bits per heavy atom. The maximum absolute atomic E-state index is 11.5. The van der Waals surface area contributed by atoms with Crippen molar-refractivity contribution < 1.29 is 27.1 Å². The van der Waals surface area contributed by atoms with Crippen molar-refractivity contribution in [2.45, 2.75) is 0 Å². The third kappa shape index (κ3) is 3.84. The summed E-state index contributed by atoms with van der Waals surface area (Å²) in [7, 11) is 3.49. The van der Waals surface area contributed by atoms with Gasteiger partial charge in [0.1, 0.15) is 0 Å². The molecule has 0 saturated carbocycles. The number of nitro benzene ring substituents is 1. The first-order chi connectivity index (χ1) is 7.00. The van der Waals surface area contributed by atoms with E-state index in [0.717, 1.165) is 5.01 Å². The molecule has 6 nitrogen and oxygen atoms in total. The summed E-state index contributed by atoms with van der Waals surface area (Å²) in [4.78, 5) is 21.4. The minimum absolute atomic E-state index is 0. The molecular formula is C9H12ClN3O3. The lowest BCUT2D eigenvalue weighted by Gasteiger charge is -2.07. The first kappa shape index (κ1) is 14.3. The molecule has 88 valence electrons. The van der Waals surface area contributed by atoms with E-state index in [2.05, 4.69) is 5.43 Å². The third-order valence-corrected chi connectivity index (χ3v) is 1.68. The number of carbonyl (C=O) groups excluding carboxylic acids is 1. The van der Waals surface area contributed by atoms with E-state index in [4.69, 9.17) is 0 Å². The van der Waals surface area contributed by atoms with Crippen LogP contribution in [0.1, 0.15) is 10.4 Å². The Balaban J connectivity index is 0.00000225. The summed E-state index contributed by atoms with van der Waals surface area (Å²) in [6.45, 7) is 0. The highest BCUT2D eigenvalue weighted by molar-refractivity contribution is 5.93. The number of hydrogen-bond acceptors (Lipinski definition) is 3. The monoisotopic (exact) mass is 245 g/mol. The van der Waals surface area contributed by atoms with E-state index in [1.807, 2.05) is 0 Å². The zero-order chi connectivity index (χ0) is 11.4. The average Bonchev–Trinajstić information content (AvgIpc) is 2.17. The molecule has 2 N–H and O–H groups in total. The highest BCUT2D eigenvalue weighted by Gasteiger charge is 2.12. The number of non-ortho nitro benzene ring substituents is 1. The molecule has 1 rings (SSSR count). The molecule has 0 aliphatic heterocycles. The molecule has 1 aromatic rings. The lowest BCUT2D eigenvalue weighted by molar-refractivity contribution is -0.895. The van der Waals surface area contributed by atoms with Gasteiger partial charge in [-0.3, -0.25) is 14.9 Å². The van der Waals surface area contributed by atoms with Crippen molar-refractivity contribution in [3.63, 3.8) is 0 Å². The second kappa shape index (κ2) is 6.04. The van der Waals surface area contributed by atoms with Crippen LogP contribution in [0.3, 0.4) is 0 Å². The van der Waals surface area contributed by atoms with Crippen LogP contribution in [0.2, 0.25) is 0 Å². The van der Waals surface area contributed by atoms with Crippen LogP contribution in [0, 0.1) is 10.1 Å². The summed E-state index contributed by atoms with van der Waals surface area (Å²) in [6, 6.07) is 5.61. The summed E-state index contributed by atoms with van der Waals surface area (Å²) in [5.74, 6) is -0.335. The largest absolute Gasteiger partial charge is 1.00 e. The zero-order valence-electron chi connectivity index (χ0n) is 8.86. The van der Waals surface area contributed by atoms with Crippen molar-refractivity contribution in [2.75, 3.05) is 14.1 Å². The van der Waals surface area contributed by atoms with Gasteiger partial charge in [0.05, 0.1) is 24.6 Å². The van der Waals surface area contributed by atoms with E-state index in [1.165, 1.54) is 24.3 Å². The Bertz CT molecular complexity index is 395. The maximum Gasteiger partial charge on any atom is 0.296 e. The van der Waals surface area contributed by atoms with E-state index in [-0.39, 0.29) is 29.6 Å². The fourth-order valence-corrected chi connectivity index (χ4v) is 1.06. The van der Waals surface area contributed by atoms with Crippen LogP contribution in [-0.2, 0) is 0 Å². The number of rotatable bonds is 3. The van der Waals surface area contributed by atoms with Crippen molar-refractivity contribution in [1.29, 1.82) is 0 Å². The predicted molar refractivity (Wildman–Crippen MR) is 53.4 cm³/mol. The highest BCUT2D eigenvalue weighted by atomic mass is 35.5. The quantitative estimate of drug-likeness (QED) is 0.427. The molecule has 1 aromatic carbocycles. The van der Waals surface area contributed by atoms with Crippen LogP contribution < -0.4 is 22.8 Å². The molecule has 1 amide bonds. The normalized spacial score (nSPS) is 9.44. The SMILES string of the molecule is C[NH+](C)NC(=O)c1cccc([N+](=O)[O-])c1.[Cl-]. The summed E-state index contributed by atoms with van der Waals surface area (Å²) >= 11 is 0. The summed E-state index contributed by atoms with van der Waals surface area (Å²) < 4.78 is 0. The number of quaternary nitrogens is 1. The van der Waals surface area contributed by atoms with Gasteiger partial charge in [-0.05, 0) is 6.07 Å². The van der Waals surface area contributed by atoms with Gasteiger partial charge in [0, 0.05) is 12.1 Å². The van der Waals surface area contributed by atoms with E-state index in [0.29, 0.717) is 0 Å². The average molecular weight is 246 g/mol. The molecule has 16 heavy (non-hydrogen) atoms. The van der Waals surface area contributed by atoms with Crippen molar-refractivity contribution in [3.8, 4) is 0 Å². The smallest absolute Gasteiger partial charge is 0.296 e. The van der Waals surface area contributed by atoms with Crippen molar-refractivity contribution in [2.24, 2.45) is 0 Å². The fraction of sp³-hybridized carbons (Fsp3) is 0.222. The number of nitrogens with zero attached hydrogens (tertiary/aromatic N) is 1. The first-order valence-electron chi connectivity index (χ1n) is 4.36. The van der Waals surface area contributed by atoms with E-state index >= 15 is 0 Å². The van der Waals surface area contributed by atoms with Gasteiger partial charge in [0.2, 0.25) is 0 Å². The molecule has 0 atom stereocenters. The van der Waals surface area contributed by atoms with E-state index in [1.54, 1.807) is 14.1 Å². The second-order valence-corrected chi connectivity index (χ2v) is 3.26. The van der Waals surface area contributed by atoms with Crippen LogP contribution in [0.4, 0.5) is 5.69 Å².